The summed E-state index contributed by atoms with van der Waals surface area (Å²) < 4.78 is 0. The molecule has 0 aromatic heterocycles. The van der Waals surface area contributed by atoms with Crippen molar-refractivity contribution in [3.8, 4) is 0 Å². The van der Waals surface area contributed by atoms with Crippen molar-refractivity contribution in [1.29, 1.82) is 0 Å². The first-order chi connectivity index (χ1) is 3.86. The third-order valence-electron chi connectivity index (χ3n) is 2.49. The van der Waals surface area contributed by atoms with Crippen molar-refractivity contribution in [2.75, 3.05) is 0 Å². The molecule has 2 atom stereocenters. The van der Waals surface area contributed by atoms with Crippen LogP contribution in [0.25, 0.3) is 0 Å². The van der Waals surface area contributed by atoms with Gasteiger partial charge in [-0.2, -0.15) is 0 Å². The van der Waals surface area contributed by atoms with Crippen molar-refractivity contribution in [3.05, 3.63) is 0 Å². The Kier molecular flexibility index (Phi) is 0.944. The van der Waals surface area contributed by atoms with Crippen LogP contribution in [0.5, 0.6) is 0 Å². The van der Waals surface area contributed by atoms with Gasteiger partial charge in [0.15, 0.2) is 0 Å². The summed E-state index contributed by atoms with van der Waals surface area (Å²) >= 11 is 5.17. The molecule has 0 heterocycles. The van der Waals surface area contributed by atoms with Crippen molar-refractivity contribution in [2.45, 2.75) is 25.7 Å². The summed E-state index contributed by atoms with van der Waals surface area (Å²) in [5.41, 5.74) is 0. The summed E-state index contributed by atoms with van der Waals surface area (Å²) in [6.07, 6.45) is 5.58. The van der Waals surface area contributed by atoms with Gasteiger partial charge in [0.05, 0.1) is 0 Å². The van der Waals surface area contributed by atoms with Crippen LogP contribution in [0.3, 0.4) is 0 Å². The molecule has 0 N–H and O–H groups in total. The minimum absolute atomic E-state index is 0.870. The lowest BCUT2D eigenvalue weighted by Gasteiger charge is -2.07. The van der Waals surface area contributed by atoms with Crippen LogP contribution in [0, 0.1) is 11.8 Å². The van der Waals surface area contributed by atoms with E-state index in [4.69, 9.17) is 12.2 Å². The lowest BCUT2D eigenvalue weighted by Crippen LogP contribution is -2.04. The van der Waals surface area contributed by atoms with Gasteiger partial charge in [0.2, 0.25) is 0 Å². The molecular formula is C7H10S. The van der Waals surface area contributed by atoms with Crippen LogP contribution in [0.1, 0.15) is 25.7 Å². The summed E-state index contributed by atoms with van der Waals surface area (Å²) in [7, 11) is 0. The molecule has 0 aliphatic heterocycles. The third-order valence-corrected chi connectivity index (χ3v) is 2.99. The van der Waals surface area contributed by atoms with Gasteiger partial charge in [0, 0.05) is 0 Å². The molecule has 0 aromatic rings. The Morgan fingerprint density at radius 1 is 1.38 bits per heavy atom. The highest BCUT2D eigenvalue weighted by atomic mass is 32.1. The van der Waals surface area contributed by atoms with E-state index in [0.29, 0.717) is 0 Å². The predicted molar refractivity (Wildman–Crippen MR) is 38.0 cm³/mol. The molecule has 2 bridgehead atoms. The molecule has 44 valence electrons. The zero-order valence-electron chi connectivity index (χ0n) is 4.89. The summed E-state index contributed by atoms with van der Waals surface area (Å²) in [6, 6.07) is 0. The zero-order valence-corrected chi connectivity index (χ0v) is 5.71. The van der Waals surface area contributed by atoms with E-state index in [0.717, 1.165) is 11.8 Å². The smallest absolute Gasteiger partial charge is 0.00377 e. The van der Waals surface area contributed by atoms with Gasteiger partial charge in [-0.15, -0.1) is 0 Å². The predicted octanol–water partition coefficient (Wildman–Crippen LogP) is 2.18. The molecule has 2 unspecified atom stereocenters. The largest absolute Gasteiger partial charge is 0.0894 e. The maximum Gasteiger partial charge on any atom is -0.00377 e. The first-order valence-corrected chi connectivity index (χ1v) is 3.80. The summed E-state index contributed by atoms with van der Waals surface area (Å²) in [5, 5.41) is 0. The third kappa shape index (κ3) is 0.540. The molecule has 2 aliphatic carbocycles. The highest BCUT2D eigenvalue weighted by Gasteiger charge is 2.34. The Balaban J connectivity index is 2.22. The molecule has 2 aliphatic rings. The molecule has 0 aromatic carbocycles. The molecule has 2 rings (SSSR count). The van der Waals surface area contributed by atoms with Crippen molar-refractivity contribution in [3.63, 3.8) is 0 Å². The molecule has 2 saturated carbocycles. The molecular weight excluding hydrogens is 116 g/mol. The van der Waals surface area contributed by atoms with Crippen molar-refractivity contribution in [1.82, 2.24) is 0 Å². The van der Waals surface area contributed by atoms with E-state index in [1.54, 1.807) is 0 Å². The molecule has 0 saturated heterocycles. The van der Waals surface area contributed by atoms with Crippen LogP contribution in [0.4, 0.5) is 0 Å². The Hall–Kier alpha value is 0.0900. The monoisotopic (exact) mass is 126 g/mol. The molecule has 8 heavy (non-hydrogen) atoms. The lowest BCUT2D eigenvalue weighted by atomic mass is 10.0. The van der Waals surface area contributed by atoms with Crippen molar-refractivity contribution in [2.24, 2.45) is 11.8 Å². The van der Waals surface area contributed by atoms with Crippen LogP contribution in [-0.2, 0) is 0 Å². The molecule has 0 radical (unpaired) electrons. The van der Waals surface area contributed by atoms with Gasteiger partial charge in [-0.3, -0.25) is 0 Å². The number of rotatable bonds is 0. The quantitative estimate of drug-likeness (QED) is 0.448. The van der Waals surface area contributed by atoms with Crippen LogP contribution >= 0.6 is 12.2 Å². The Bertz CT molecular complexity index is 128. The van der Waals surface area contributed by atoms with E-state index in [1.165, 1.54) is 30.5 Å². The number of thiocarbonyl (C=S) groups is 1. The zero-order chi connectivity index (χ0) is 5.56. The minimum atomic E-state index is 0.870. The van der Waals surface area contributed by atoms with Gasteiger partial charge < -0.3 is 0 Å². The topological polar surface area (TPSA) is 0 Å². The maximum atomic E-state index is 5.17. The van der Waals surface area contributed by atoms with E-state index in [2.05, 4.69) is 0 Å². The average Bonchev–Trinajstić information content (AvgIpc) is 2.23. The second-order valence-electron chi connectivity index (χ2n) is 3.05. The van der Waals surface area contributed by atoms with E-state index in [9.17, 15) is 0 Å². The van der Waals surface area contributed by atoms with E-state index < -0.39 is 0 Å². The van der Waals surface area contributed by atoms with Crippen LogP contribution < -0.4 is 0 Å². The van der Waals surface area contributed by atoms with Gasteiger partial charge in [-0.05, 0) is 42.4 Å². The summed E-state index contributed by atoms with van der Waals surface area (Å²) in [6.45, 7) is 0. The second kappa shape index (κ2) is 1.53. The fourth-order valence-electron chi connectivity index (χ4n) is 2.00. The highest BCUT2D eigenvalue weighted by Crippen LogP contribution is 2.42. The van der Waals surface area contributed by atoms with Gasteiger partial charge in [0.25, 0.3) is 0 Å². The summed E-state index contributed by atoms with van der Waals surface area (Å²) in [4.78, 5) is 1.38. The normalized spacial score (nSPS) is 43.8. The van der Waals surface area contributed by atoms with E-state index in [-0.39, 0.29) is 0 Å². The molecule has 1 heteroatoms. The first kappa shape index (κ1) is 4.92. The molecule has 0 nitrogen and oxygen atoms in total. The first-order valence-electron chi connectivity index (χ1n) is 3.39. The van der Waals surface area contributed by atoms with Crippen molar-refractivity contribution >= 4 is 17.1 Å². The Morgan fingerprint density at radius 3 is 2.50 bits per heavy atom. The SMILES string of the molecule is S=C1CC2CCC1C2. The van der Waals surface area contributed by atoms with Crippen LogP contribution in [0.2, 0.25) is 0 Å². The average molecular weight is 126 g/mol. The minimum Gasteiger partial charge on any atom is -0.0894 e. The Labute approximate surface area is 55.3 Å². The van der Waals surface area contributed by atoms with Crippen LogP contribution in [-0.4, -0.2) is 4.86 Å². The van der Waals surface area contributed by atoms with Gasteiger partial charge in [-0.1, -0.05) is 12.2 Å². The van der Waals surface area contributed by atoms with Gasteiger partial charge in [0.1, 0.15) is 0 Å². The fourth-order valence-corrected chi connectivity index (χ4v) is 2.45. The van der Waals surface area contributed by atoms with Crippen molar-refractivity contribution < 1.29 is 0 Å². The second-order valence-corrected chi connectivity index (χ2v) is 3.57. The van der Waals surface area contributed by atoms with Gasteiger partial charge >= 0.3 is 0 Å². The standard InChI is InChI=1S/C7H10S/c8-7-4-5-1-2-6(7)3-5/h5-6H,1-4H2. The number of fused-ring (bicyclic) bond motifs is 2. The number of hydrogen-bond acceptors (Lipinski definition) is 1. The number of hydrogen-bond donors (Lipinski definition) is 0. The summed E-state index contributed by atoms with van der Waals surface area (Å²) in [5.74, 6) is 1.88. The molecule has 0 spiro atoms. The van der Waals surface area contributed by atoms with E-state index >= 15 is 0 Å². The van der Waals surface area contributed by atoms with E-state index in [1.807, 2.05) is 0 Å². The maximum absolute atomic E-state index is 5.17. The fraction of sp³-hybridized carbons (Fsp3) is 0.857. The molecule has 0 amide bonds. The lowest BCUT2D eigenvalue weighted by molar-refractivity contribution is 0.594. The highest BCUT2D eigenvalue weighted by molar-refractivity contribution is 7.80. The molecule has 2 fully saturated rings. The van der Waals surface area contributed by atoms with Gasteiger partial charge in [-0.25, -0.2) is 0 Å². The Morgan fingerprint density at radius 2 is 2.25 bits per heavy atom. The van der Waals surface area contributed by atoms with Crippen LogP contribution in [0.15, 0.2) is 0 Å².